The number of anilines is 1. The SMILES string of the molecule is CCOc1cc(CNC(=O)N[C@H]2CC(=O)N(c3ccc4c(c3)OCCO4)C2)ccc1OC. The maximum absolute atomic E-state index is 12.5. The molecule has 9 nitrogen and oxygen atoms in total. The van der Waals surface area contributed by atoms with Crippen LogP contribution in [0.1, 0.15) is 18.9 Å². The monoisotopic (exact) mass is 441 g/mol. The van der Waals surface area contributed by atoms with E-state index in [2.05, 4.69) is 10.6 Å². The van der Waals surface area contributed by atoms with Gasteiger partial charge in [0.2, 0.25) is 5.91 Å². The maximum atomic E-state index is 12.5. The van der Waals surface area contributed by atoms with Gasteiger partial charge in [-0.15, -0.1) is 0 Å². The Morgan fingerprint density at radius 1 is 1.12 bits per heavy atom. The Labute approximate surface area is 186 Å². The molecule has 0 bridgehead atoms. The lowest BCUT2D eigenvalue weighted by Gasteiger charge is -2.22. The number of nitrogens with zero attached hydrogens (tertiary/aromatic N) is 1. The Bertz CT molecular complexity index is 996. The van der Waals surface area contributed by atoms with Crippen molar-refractivity contribution < 1.29 is 28.5 Å². The quantitative estimate of drug-likeness (QED) is 0.685. The van der Waals surface area contributed by atoms with Crippen LogP contribution in [0.3, 0.4) is 0 Å². The molecule has 9 heteroatoms. The molecule has 2 aromatic rings. The van der Waals surface area contributed by atoms with Crippen LogP contribution in [0.5, 0.6) is 23.0 Å². The minimum Gasteiger partial charge on any atom is -0.493 e. The molecule has 0 aliphatic carbocycles. The first-order chi connectivity index (χ1) is 15.6. The summed E-state index contributed by atoms with van der Waals surface area (Å²) < 4.78 is 22.0. The molecule has 1 fully saturated rings. The van der Waals surface area contributed by atoms with Gasteiger partial charge in [-0.2, -0.15) is 0 Å². The Hall–Kier alpha value is -3.62. The largest absolute Gasteiger partial charge is 0.493 e. The number of rotatable bonds is 7. The van der Waals surface area contributed by atoms with E-state index in [1.165, 1.54) is 0 Å². The summed E-state index contributed by atoms with van der Waals surface area (Å²) in [6, 6.07) is 10.3. The van der Waals surface area contributed by atoms with Crippen molar-refractivity contribution >= 4 is 17.6 Å². The fourth-order valence-electron chi connectivity index (χ4n) is 3.77. The Morgan fingerprint density at radius 2 is 1.94 bits per heavy atom. The second-order valence-corrected chi connectivity index (χ2v) is 7.48. The zero-order chi connectivity index (χ0) is 22.5. The third-order valence-corrected chi connectivity index (χ3v) is 5.28. The average Bonchev–Trinajstić information content (AvgIpc) is 3.17. The highest BCUT2D eigenvalue weighted by atomic mass is 16.6. The highest BCUT2D eigenvalue weighted by Gasteiger charge is 2.32. The molecular formula is C23H27N3O6. The van der Waals surface area contributed by atoms with Crippen LogP contribution in [-0.4, -0.2) is 51.5 Å². The number of fused-ring (bicyclic) bond motifs is 1. The lowest BCUT2D eigenvalue weighted by atomic mass is 10.2. The third kappa shape index (κ3) is 4.82. The van der Waals surface area contributed by atoms with Crippen molar-refractivity contribution in [3.05, 3.63) is 42.0 Å². The second-order valence-electron chi connectivity index (χ2n) is 7.48. The van der Waals surface area contributed by atoms with Crippen molar-refractivity contribution in [2.24, 2.45) is 0 Å². The van der Waals surface area contributed by atoms with Gasteiger partial charge in [0.15, 0.2) is 23.0 Å². The first kappa shape index (κ1) is 21.6. The van der Waals surface area contributed by atoms with Crippen LogP contribution in [-0.2, 0) is 11.3 Å². The Morgan fingerprint density at radius 3 is 2.72 bits per heavy atom. The molecule has 0 saturated carbocycles. The van der Waals surface area contributed by atoms with Crippen LogP contribution < -0.4 is 34.5 Å². The molecule has 2 heterocycles. The highest BCUT2D eigenvalue weighted by Crippen LogP contribution is 2.35. The number of hydrogen-bond acceptors (Lipinski definition) is 6. The predicted octanol–water partition coefficient (Wildman–Crippen LogP) is 2.47. The summed E-state index contributed by atoms with van der Waals surface area (Å²) >= 11 is 0. The third-order valence-electron chi connectivity index (χ3n) is 5.28. The number of nitrogens with one attached hydrogen (secondary N) is 2. The van der Waals surface area contributed by atoms with Crippen LogP contribution in [0.15, 0.2) is 36.4 Å². The molecule has 0 radical (unpaired) electrons. The topological polar surface area (TPSA) is 98.4 Å². The molecule has 2 aliphatic rings. The number of carbonyl (C=O) groups is 2. The van der Waals surface area contributed by atoms with Gasteiger partial charge in [-0.3, -0.25) is 4.79 Å². The molecule has 0 aromatic heterocycles. The molecule has 2 N–H and O–H groups in total. The van der Waals surface area contributed by atoms with E-state index in [9.17, 15) is 9.59 Å². The van der Waals surface area contributed by atoms with E-state index in [1.807, 2.05) is 25.1 Å². The van der Waals surface area contributed by atoms with Gasteiger partial charge in [0.05, 0.1) is 19.8 Å². The summed E-state index contributed by atoms with van der Waals surface area (Å²) in [5, 5.41) is 5.71. The Balaban J connectivity index is 1.32. The summed E-state index contributed by atoms with van der Waals surface area (Å²) in [5.41, 5.74) is 1.61. The van der Waals surface area contributed by atoms with Gasteiger partial charge >= 0.3 is 6.03 Å². The van der Waals surface area contributed by atoms with Gasteiger partial charge in [0, 0.05) is 31.3 Å². The molecule has 0 spiro atoms. The summed E-state index contributed by atoms with van der Waals surface area (Å²) in [6.45, 7) is 4.12. The number of amides is 3. The molecule has 2 aliphatic heterocycles. The summed E-state index contributed by atoms with van der Waals surface area (Å²) in [6.07, 6.45) is 0.235. The molecule has 1 atom stereocenters. The number of ether oxygens (including phenoxy) is 4. The van der Waals surface area contributed by atoms with Crippen molar-refractivity contribution in [2.75, 3.05) is 38.4 Å². The van der Waals surface area contributed by atoms with E-state index in [1.54, 1.807) is 30.2 Å². The van der Waals surface area contributed by atoms with E-state index in [4.69, 9.17) is 18.9 Å². The first-order valence-electron chi connectivity index (χ1n) is 10.6. The number of urea groups is 1. The number of methoxy groups -OCH3 is 1. The van der Waals surface area contributed by atoms with Crippen LogP contribution in [0.2, 0.25) is 0 Å². The van der Waals surface area contributed by atoms with Crippen molar-refractivity contribution in [3.8, 4) is 23.0 Å². The Kier molecular flexibility index (Phi) is 6.53. The minimum absolute atomic E-state index is 0.0523. The van der Waals surface area contributed by atoms with Gasteiger partial charge in [-0.25, -0.2) is 4.79 Å². The average molecular weight is 441 g/mol. The predicted molar refractivity (Wildman–Crippen MR) is 118 cm³/mol. The summed E-state index contributed by atoms with van der Waals surface area (Å²) in [7, 11) is 1.58. The van der Waals surface area contributed by atoms with Crippen LogP contribution in [0.4, 0.5) is 10.5 Å². The fourth-order valence-corrected chi connectivity index (χ4v) is 3.77. The second kappa shape index (κ2) is 9.67. The molecule has 0 unspecified atom stereocenters. The minimum atomic E-state index is -0.333. The smallest absolute Gasteiger partial charge is 0.315 e. The van der Waals surface area contributed by atoms with Gasteiger partial charge in [-0.05, 0) is 36.8 Å². The van der Waals surface area contributed by atoms with Crippen molar-refractivity contribution in [2.45, 2.75) is 25.9 Å². The first-order valence-corrected chi connectivity index (χ1v) is 10.6. The standard InChI is InChI=1S/C23H27N3O6/c1-3-30-20-10-15(4-6-18(20)29-2)13-24-23(28)25-16-11-22(27)26(14-16)17-5-7-19-21(12-17)32-9-8-31-19/h4-7,10,12,16H,3,8-9,11,13-14H2,1-2H3,(H2,24,25,28)/t16-/m0/s1. The van der Waals surface area contributed by atoms with Crippen molar-refractivity contribution in [1.82, 2.24) is 10.6 Å². The molecule has 3 amide bonds. The lowest BCUT2D eigenvalue weighted by molar-refractivity contribution is -0.117. The number of carbonyl (C=O) groups excluding carboxylic acids is 2. The van der Waals surface area contributed by atoms with Crippen LogP contribution in [0, 0.1) is 0 Å². The van der Waals surface area contributed by atoms with Crippen LogP contribution >= 0.6 is 0 Å². The van der Waals surface area contributed by atoms with E-state index in [0.717, 1.165) is 11.3 Å². The van der Waals surface area contributed by atoms with E-state index in [0.29, 0.717) is 55.9 Å². The van der Waals surface area contributed by atoms with Gasteiger partial charge in [0.1, 0.15) is 13.2 Å². The fraction of sp³-hybridized carbons (Fsp3) is 0.391. The number of benzene rings is 2. The molecule has 4 rings (SSSR count). The molecule has 2 aromatic carbocycles. The van der Waals surface area contributed by atoms with Gasteiger partial charge in [-0.1, -0.05) is 6.07 Å². The summed E-state index contributed by atoms with van der Waals surface area (Å²) in [4.78, 5) is 26.6. The molecule has 170 valence electrons. The van der Waals surface area contributed by atoms with E-state index < -0.39 is 0 Å². The molecule has 32 heavy (non-hydrogen) atoms. The molecular weight excluding hydrogens is 414 g/mol. The zero-order valence-corrected chi connectivity index (χ0v) is 18.2. The van der Waals surface area contributed by atoms with E-state index in [-0.39, 0.29) is 24.4 Å². The molecule has 1 saturated heterocycles. The zero-order valence-electron chi connectivity index (χ0n) is 18.2. The maximum Gasteiger partial charge on any atom is 0.315 e. The summed E-state index contributed by atoms with van der Waals surface area (Å²) in [5.74, 6) is 2.52. The highest BCUT2D eigenvalue weighted by molar-refractivity contribution is 5.97. The van der Waals surface area contributed by atoms with Crippen molar-refractivity contribution in [3.63, 3.8) is 0 Å². The van der Waals surface area contributed by atoms with Crippen molar-refractivity contribution in [1.29, 1.82) is 0 Å². The number of hydrogen-bond donors (Lipinski definition) is 2. The van der Waals surface area contributed by atoms with Gasteiger partial charge < -0.3 is 34.5 Å². The normalized spacial score (nSPS) is 17.1. The van der Waals surface area contributed by atoms with E-state index >= 15 is 0 Å². The van der Waals surface area contributed by atoms with Crippen LogP contribution in [0.25, 0.3) is 0 Å². The lowest BCUT2D eigenvalue weighted by Crippen LogP contribution is -2.43. The van der Waals surface area contributed by atoms with Gasteiger partial charge in [0.25, 0.3) is 0 Å².